The molecule has 0 spiro atoms. The molecule has 96 valence electrons. The average molecular weight is 232 g/mol. The first-order valence-corrected chi connectivity index (χ1v) is 6.06. The molecule has 4 heteroatoms. The van der Waals surface area contributed by atoms with Crippen LogP contribution < -0.4 is 0 Å². The second kappa shape index (κ2) is 12.5. The smallest absolute Gasteiger partial charge is 0.302 e. The lowest BCUT2D eigenvalue weighted by Crippen LogP contribution is -2.11. The van der Waals surface area contributed by atoms with Crippen molar-refractivity contribution in [3.8, 4) is 0 Å². The molecule has 0 rings (SSSR count). The Morgan fingerprint density at radius 2 is 1.50 bits per heavy atom. The number of esters is 1. The quantitative estimate of drug-likeness (QED) is 0.404. The monoisotopic (exact) mass is 232 g/mol. The molecule has 0 saturated carbocycles. The van der Waals surface area contributed by atoms with Gasteiger partial charge in [-0.3, -0.25) is 4.79 Å². The van der Waals surface area contributed by atoms with E-state index >= 15 is 0 Å². The second-order valence-electron chi connectivity index (χ2n) is 3.63. The minimum Gasteiger partial charge on any atom is -0.463 e. The van der Waals surface area contributed by atoms with Crippen LogP contribution in [0.15, 0.2) is 0 Å². The molecule has 0 heterocycles. The van der Waals surface area contributed by atoms with E-state index in [0.717, 1.165) is 13.0 Å². The molecule has 0 aromatic carbocycles. The van der Waals surface area contributed by atoms with E-state index in [2.05, 4.69) is 6.92 Å². The van der Waals surface area contributed by atoms with Gasteiger partial charge in [0.15, 0.2) is 0 Å². The van der Waals surface area contributed by atoms with Crippen LogP contribution >= 0.6 is 0 Å². The lowest BCUT2D eigenvalue weighted by molar-refractivity contribution is -0.142. The van der Waals surface area contributed by atoms with Crippen LogP contribution in [0.1, 0.15) is 39.5 Å². The van der Waals surface area contributed by atoms with Crippen molar-refractivity contribution in [2.75, 3.05) is 33.0 Å². The fourth-order valence-corrected chi connectivity index (χ4v) is 1.20. The number of carbonyl (C=O) groups is 1. The summed E-state index contributed by atoms with van der Waals surface area (Å²) in [5, 5.41) is 0. The highest BCUT2D eigenvalue weighted by Gasteiger charge is 1.93. The standard InChI is InChI=1S/C12H24O4/c1-3-4-5-6-7-14-8-9-15-10-11-16-12(2)13/h3-11H2,1-2H3. The third-order valence-corrected chi connectivity index (χ3v) is 2.05. The Bertz CT molecular complexity index is 159. The zero-order valence-corrected chi connectivity index (χ0v) is 10.5. The summed E-state index contributed by atoms with van der Waals surface area (Å²) in [6.45, 7) is 6.34. The number of ether oxygens (including phenoxy) is 3. The summed E-state index contributed by atoms with van der Waals surface area (Å²) in [7, 11) is 0. The third kappa shape index (κ3) is 13.4. The molecule has 0 aliphatic heterocycles. The molecule has 0 aromatic heterocycles. The molecule has 0 amide bonds. The first-order chi connectivity index (χ1) is 7.77. The Kier molecular flexibility index (Phi) is 12.0. The fourth-order valence-electron chi connectivity index (χ4n) is 1.20. The fraction of sp³-hybridized carbons (Fsp3) is 0.917. The molecule has 0 aliphatic carbocycles. The van der Waals surface area contributed by atoms with Gasteiger partial charge in [-0.25, -0.2) is 0 Å². The van der Waals surface area contributed by atoms with E-state index < -0.39 is 0 Å². The first kappa shape index (κ1) is 15.4. The highest BCUT2D eigenvalue weighted by molar-refractivity contribution is 5.65. The van der Waals surface area contributed by atoms with Crippen LogP contribution in [0.25, 0.3) is 0 Å². The number of unbranched alkanes of at least 4 members (excludes halogenated alkanes) is 3. The van der Waals surface area contributed by atoms with Gasteiger partial charge >= 0.3 is 5.97 Å². The number of carbonyl (C=O) groups excluding carboxylic acids is 1. The molecule has 0 unspecified atom stereocenters. The van der Waals surface area contributed by atoms with Gasteiger partial charge in [0.05, 0.1) is 19.8 Å². The van der Waals surface area contributed by atoms with Crippen molar-refractivity contribution in [1.82, 2.24) is 0 Å². The summed E-state index contributed by atoms with van der Waals surface area (Å²) >= 11 is 0. The van der Waals surface area contributed by atoms with Crippen molar-refractivity contribution in [3.05, 3.63) is 0 Å². The summed E-state index contributed by atoms with van der Waals surface area (Å²) in [4.78, 5) is 10.4. The van der Waals surface area contributed by atoms with E-state index in [1.54, 1.807) is 0 Å². The summed E-state index contributed by atoms with van der Waals surface area (Å²) in [6, 6.07) is 0. The van der Waals surface area contributed by atoms with Gasteiger partial charge < -0.3 is 14.2 Å². The van der Waals surface area contributed by atoms with Gasteiger partial charge in [-0.05, 0) is 6.42 Å². The van der Waals surface area contributed by atoms with Crippen LogP contribution in [0.4, 0.5) is 0 Å². The Hall–Kier alpha value is -0.610. The molecule has 16 heavy (non-hydrogen) atoms. The van der Waals surface area contributed by atoms with Gasteiger partial charge in [0.25, 0.3) is 0 Å². The maximum Gasteiger partial charge on any atom is 0.302 e. The normalized spacial score (nSPS) is 10.4. The van der Waals surface area contributed by atoms with E-state index in [1.165, 1.54) is 26.2 Å². The number of hydrogen-bond acceptors (Lipinski definition) is 4. The van der Waals surface area contributed by atoms with Crippen molar-refractivity contribution in [2.45, 2.75) is 39.5 Å². The van der Waals surface area contributed by atoms with Crippen LogP contribution in [-0.2, 0) is 19.0 Å². The molecule has 0 fully saturated rings. The Morgan fingerprint density at radius 1 is 0.875 bits per heavy atom. The van der Waals surface area contributed by atoms with Gasteiger partial charge in [-0.2, -0.15) is 0 Å². The third-order valence-electron chi connectivity index (χ3n) is 2.05. The Balaban J connectivity index is 2.90. The van der Waals surface area contributed by atoms with Crippen molar-refractivity contribution >= 4 is 5.97 Å². The van der Waals surface area contributed by atoms with Gasteiger partial charge in [0.2, 0.25) is 0 Å². The lowest BCUT2D eigenvalue weighted by Gasteiger charge is -2.05. The van der Waals surface area contributed by atoms with Crippen molar-refractivity contribution in [1.29, 1.82) is 0 Å². The molecule has 0 atom stereocenters. The Morgan fingerprint density at radius 3 is 2.12 bits per heavy atom. The van der Waals surface area contributed by atoms with E-state index in [0.29, 0.717) is 26.4 Å². The topological polar surface area (TPSA) is 44.8 Å². The summed E-state index contributed by atoms with van der Waals surface area (Å²) in [5.41, 5.74) is 0. The van der Waals surface area contributed by atoms with Gasteiger partial charge in [-0.15, -0.1) is 0 Å². The predicted octanol–water partition coefficient (Wildman–Crippen LogP) is 2.16. The van der Waals surface area contributed by atoms with Crippen LogP contribution in [0.2, 0.25) is 0 Å². The minimum absolute atomic E-state index is 0.268. The zero-order valence-electron chi connectivity index (χ0n) is 10.5. The lowest BCUT2D eigenvalue weighted by atomic mass is 10.2. The van der Waals surface area contributed by atoms with E-state index in [1.807, 2.05) is 0 Å². The molecule has 4 nitrogen and oxygen atoms in total. The Labute approximate surface area is 98.3 Å². The van der Waals surface area contributed by atoms with Crippen LogP contribution in [0.5, 0.6) is 0 Å². The van der Waals surface area contributed by atoms with Gasteiger partial charge in [0.1, 0.15) is 6.61 Å². The SMILES string of the molecule is CCCCCCOCCOCCOC(C)=O. The van der Waals surface area contributed by atoms with Crippen molar-refractivity contribution < 1.29 is 19.0 Å². The average Bonchev–Trinajstić information content (AvgIpc) is 2.25. The van der Waals surface area contributed by atoms with E-state index in [9.17, 15) is 4.79 Å². The van der Waals surface area contributed by atoms with Gasteiger partial charge in [-0.1, -0.05) is 26.2 Å². The summed E-state index contributed by atoms with van der Waals surface area (Å²) < 4.78 is 15.3. The highest BCUT2D eigenvalue weighted by atomic mass is 16.6. The largest absolute Gasteiger partial charge is 0.463 e. The second-order valence-corrected chi connectivity index (χ2v) is 3.63. The molecule has 0 bridgehead atoms. The predicted molar refractivity (Wildman–Crippen MR) is 62.4 cm³/mol. The summed E-state index contributed by atoms with van der Waals surface area (Å²) in [6.07, 6.45) is 4.90. The molecule has 0 aliphatic rings. The molecule has 0 aromatic rings. The molecule has 0 saturated heterocycles. The first-order valence-electron chi connectivity index (χ1n) is 6.06. The highest BCUT2D eigenvalue weighted by Crippen LogP contribution is 1.98. The molecule has 0 radical (unpaired) electrons. The summed E-state index contributed by atoms with van der Waals surface area (Å²) in [5.74, 6) is -0.268. The van der Waals surface area contributed by atoms with E-state index in [4.69, 9.17) is 14.2 Å². The van der Waals surface area contributed by atoms with Crippen molar-refractivity contribution in [2.24, 2.45) is 0 Å². The maximum absolute atomic E-state index is 10.4. The van der Waals surface area contributed by atoms with Gasteiger partial charge in [0, 0.05) is 13.5 Å². The van der Waals surface area contributed by atoms with Crippen LogP contribution in [0, 0.1) is 0 Å². The number of hydrogen-bond donors (Lipinski definition) is 0. The minimum atomic E-state index is -0.268. The van der Waals surface area contributed by atoms with Crippen LogP contribution in [0.3, 0.4) is 0 Å². The molecular weight excluding hydrogens is 208 g/mol. The molecular formula is C12H24O4. The number of rotatable bonds is 11. The molecule has 0 N–H and O–H groups in total. The van der Waals surface area contributed by atoms with Crippen molar-refractivity contribution in [3.63, 3.8) is 0 Å². The van der Waals surface area contributed by atoms with E-state index in [-0.39, 0.29) is 5.97 Å². The maximum atomic E-state index is 10.4. The zero-order chi connectivity index (χ0) is 12.1. The van der Waals surface area contributed by atoms with Crippen LogP contribution in [-0.4, -0.2) is 39.0 Å².